The molecule has 1 aliphatic rings. The van der Waals surface area contributed by atoms with E-state index >= 15 is 0 Å². The van der Waals surface area contributed by atoms with Gasteiger partial charge in [-0.15, -0.1) is 11.8 Å². The Kier molecular flexibility index (Phi) is 5.05. The van der Waals surface area contributed by atoms with Crippen LogP contribution >= 0.6 is 11.8 Å². The SMILES string of the molecule is Cc1nc2c(C#N)cnn2c(C)c1CCC(=O)N[C@@H]1CCSc2ccccc21. The number of aromatic nitrogens is 3. The zero-order valence-corrected chi connectivity index (χ0v) is 16.7. The second-order valence-corrected chi connectivity index (χ2v) is 8.10. The van der Waals surface area contributed by atoms with E-state index in [4.69, 9.17) is 0 Å². The van der Waals surface area contributed by atoms with Crippen LogP contribution in [0.15, 0.2) is 35.4 Å². The number of aryl methyl sites for hydroxylation is 2. The van der Waals surface area contributed by atoms with Crippen LogP contribution in [0.1, 0.15) is 47.0 Å². The molecule has 0 radical (unpaired) electrons. The van der Waals surface area contributed by atoms with E-state index in [0.29, 0.717) is 24.1 Å². The van der Waals surface area contributed by atoms with Gasteiger partial charge in [-0.1, -0.05) is 18.2 Å². The van der Waals surface area contributed by atoms with Gasteiger partial charge in [-0.05, 0) is 43.9 Å². The minimum absolute atomic E-state index is 0.0452. The summed E-state index contributed by atoms with van der Waals surface area (Å²) in [6.45, 7) is 3.88. The Balaban J connectivity index is 1.48. The van der Waals surface area contributed by atoms with Gasteiger partial charge in [0.15, 0.2) is 5.65 Å². The Morgan fingerprint density at radius 1 is 1.39 bits per heavy atom. The van der Waals surface area contributed by atoms with Crippen molar-refractivity contribution in [1.29, 1.82) is 5.26 Å². The zero-order chi connectivity index (χ0) is 19.7. The van der Waals surface area contributed by atoms with Crippen molar-refractivity contribution in [3.63, 3.8) is 0 Å². The lowest BCUT2D eigenvalue weighted by Crippen LogP contribution is -2.30. The van der Waals surface area contributed by atoms with Crippen molar-refractivity contribution < 1.29 is 4.79 Å². The van der Waals surface area contributed by atoms with Crippen molar-refractivity contribution in [2.45, 2.75) is 44.0 Å². The molecule has 1 atom stereocenters. The first-order valence-corrected chi connectivity index (χ1v) is 10.3. The molecule has 0 fully saturated rings. The third kappa shape index (κ3) is 3.36. The number of thioether (sulfide) groups is 1. The molecule has 4 rings (SSSR count). The van der Waals surface area contributed by atoms with Crippen LogP contribution in [0.2, 0.25) is 0 Å². The lowest BCUT2D eigenvalue weighted by molar-refractivity contribution is -0.121. The van der Waals surface area contributed by atoms with Gasteiger partial charge in [-0.3, -0.25) is 4.79 Å². The van der Waals surface area contributed by atoms with Gasteiger partial charge in [0, 0.05) is 28.5 Å². The number of nitrogens with zero attached hydrogens (tertiary/aromatic N) is 4. The molecule has 1 aliphatic heterocycles. The summed E-state index contributed by atoms with van der Waals surface area (Å²) < 4.78 is 1.69. The average molecular weight is 392 g/mol. The first-order valence-electron chi connectivity index (χ1n) is 9.33. The van der Waals surface area contributed by atoms with Crippen molar-refractivity contribution in [2.75, 3.05) is 5.75 Å². The van der Waals surface area contributed by atoms with E-state index in [-0.39, 0.29) is 11.9 Å². The first kappa shape index (κ1) is 18.5. The highest BCUT2D eigenvalue weighted by molar-refractivity contribution is 7.99. The van der Waals surface area contributed by atoms with Crippen molar-refractivity contribution in [3.8, 4) is 6.07 Å². The van der Waals surface area contributed by atoms with Crippen LogP contribution in [-0.4, -0.2) is 26.3 Å². The zero-order valence-electron chi connectivity index (χ0n) is 15.9. The third-order valence-corrected chi connectivity index (χ3v) is 6.35. The fourth-order valence-corrected chi connectivity index (χ4v) is 4.87. The second kappa shape index (κ2) is 7.64. The second-order valence-electron chi connectivity index (χ2n) is 6.96. The molecule has 0 spiro atoms. The van der Waals surface area contributed by atoms with Crippen molar-refractivity contribution in [1.82, 2.24) is 19.9 Å². The lowest BCUT2D eigenvalue weighted by atomic mass is 10.0. The third-order valence-electron chi connectivity index (χ3n) is 5.22. The summed E-state index contributed by atoms with van der Waals surface area (Å²) in [4.78, 5) is 18.4. The number of nitrogens with one attached hydrogen (secondary N) is 1. The molecule has 0 unspecified atom stereocenters. The van der Waals surface area contributed by atoms with Crippen LogP contribution in [0.25, 0.3) is 5.65 Å². The van der Waals surface area contributed by atoms with Crippen LogP contribution in [0.4, 0.5) is 0 Å². The number of carbonyl (C=O) groups is 1. The number of benzene rings is 1. The van der Waals surface area contributed by atoms with Crippen LogP contribution in [0, 0.1) is 25.2 Å². The molecule has 3 aromatic rings. The van der Waals surface area contributed by atoms with Crippen molar-refractivity contribution in [3.05, 3.63) is 58.5 Å². The lowest BCUT2D eigenvalue weighted by Gasteiger charge is -2.26. The van der Waals surface area contributed by atoms with Crippen LogP contribution in [0.3, 0.4) is 0 Å². The number of hydrogen-bond acceptors (Lipinski definition) is 5. The summed E-state index contributed by atoms with van der Waals surface area (Å²) in [5.41, 5.74) is 5.02. The largest absolute Gasteiger partial charge is 0.349 e. The van der Waals surface area contributed by atoms with Gasteiger partial charge in [0.25, 0.3) is 0 Å². The quantitative estimate of drug-likeness (QED) is 0.736. The standard InChI is InChI=1S/C21H21N5OS/c1-13-16(14(2)26-21(24-13)15(11-22)12-23-26)7-8-20(27)25-18-9-10-28-19-6-4-3-5-17(18)19/h3-6,12,18H,7-10H2,1-2H3,(H,25,27)/t18-/m1/s1. The fourth-order valence-electron chi connectivity index (χ4n) is 3.75. The number of fused-ring (bicyclic) bond motifs is 2. The topological polar surface area (TPSA) is 83.1 Å². The number of carbonyl (C=O) groups excluding carboxylic acids is 1. The molecule has 0 aliphatic carbocycles. The highest BCUT2D eigenvalue weighted by Gasteiger charge is 2.22. The van der Waals surface area contributed by atoms with E-state index in [1.807, 2.05) is 37.7 Å². The molecular weight excluding hydrogens is 370 g/mol. The van der Waals surface area contributed by atoms with Crippen LogP contribution in [0.5, 0.6) is 0 Å². The maximum absolute atomic E-state index is 12.6. The Hall–Kier alpha value is -2.85. The number of nitriles is 1. The summed E-state index contributed by atoms with van der Waals surface area (Å²) in [6.07, 6.45) is 3.47. The van der Waals surface area contributed by atoms with E-state index in [1.54, 1.807) is 4.52 Å². The molecule has 2 aromatic heterocycles. The highest BCUT2D eigenvalue weighted by atomic mass is 32.2. The summed E-state index contributed by atoms with van der Waals surface area (Å²) in [5, 5.41) is 16.6. The molecule has 1 N–H and O–H groups in total. The molecule has 1 aromatic carbocycles. The normalized spacial score (nSPS) is 15.8. The summed E-state index contributed by atoms with van der Waals surface area (Å²) >= 11 is 1.85. The maximum Gasteiger partial charge on any atom is 0.220 e. The highest BCUT2D eigenvalue weighted by Crippen LogP contribution is 2.35. The van der Waals surface area contributed by atoms with E-state index in [0.717, 1.165) is 29.1 Å². The van der Waals surface area contributed by atoms with Gasteiger partial charge in [-0.2, -0.15) is 10.4 Å². The molecule has 142 valence electrons. The average Bonchev–Trinajstić information content (AvgIpc) is 3.11. The molecule has 0 bridgehead atoms. The van der Waals surface area contributed by atoms with Gasteiger partial charge < -0.3 is 5.32 Å². The Labute approximate surface area is 168 Å². The van der Waals surface area contributed by atoms with Crippen molar-refractivity contribution in [2.24, 2.45) is 0 Å². The van der Waals surface area contributed by atoms with Crippen LogP contribution < -0.4 is 5.32 Å². The fraction of sp³-hybridized carbons (Fsp3) is 0.333. The number of hydrogen-bond donors (Lipinski definition) is 1. The summed E-state index contributed by atoms with van der Waals surface area (Å²) in [7, 11) is 0. The van der Waals surface area contributed by atoms with E-state index < -0.39 is 0 Å². The molecule has 0 saturated heterocycles. The summed E-state index contributed by atoms with van der Waals surface area (Å²) in [6, 6.07) is 10.5. The smallest absolute Gasteiger partial charge is 0.220 e. The maximum atomic E-state index is 12.6. The minimum atomic E-state index is 0.0452. The van der Waals surface area contributed by atoms with E-state index in [9.17, 15) is 10.1 Å². The Morgan fingerprint density at radius 3 is 3.04 bits per heavy atom. The van der Waals surface area contributed by atoms with E-state index in [1.165, 1.54) is 16.7 Å². The predicted molar refractivity (Wildman–Crippen MR) is 108 cm³/mol. The minimum Gasteiger partial charge on any atom is -0.349 e. The molecule has 6 nitrogen and oxygen atoms in total. The first-order chi connectivity index (χ1) is 13.6. The molecule has 3 heterocycles. The van der Waals surface area contributed by atoms with Crippen molar-refractivity contribution >= 4 is 23.3 Å². The molecule has 28 heavy (non-hydrogen) atoms. The Morgan fingerprint density at radius 2 is 2.21 bits per heavy atom. The number of amides is 1. The number of rotatable bonds is 4. The van der Waals surface area contributed by atoms with Gasteiger partial charge in [0.2, 0.25) is 5.91 Å². The predicted octanol–water partition coefficient (Wildman–Crippen LogP) is 3.50. The monoisotopic (exact) mass is 391 g/mol. The van der Waals surface area contributed by atoms with Crippen LogP contribution in [-0.2, 0) is 11.2 Å². The molecule has 7 heteroatoms. The molecule has 0 saturated carbocycles. The van der Waals surface area contributed by atoms with Gasteiger partial charge in [-0.25, -0.2) is 9.50 Å². The van der Waals surface area contributed by atoms with E-state index in [2.05, 4.69) is 33.6 Å². The van der Waals surface area contributed by atoms with Gasteiger partial charge >= 0.3 is 0 Å². The Bertz CT molecular complexity index is 1100. The van der Waals surface area contributed by atoms with Gasteiger partial charge in [0.1, 0.15) is 11.6 Å². The van der Waals surface area contributed by atoms with Gasteiger partial charge in [0.05, 0.1) is 12.2 Å². The molecular formula is C21H21N5OS. The summed E-state index contributed by atoms with van der Waals surface area (Å²) in [5.74, 6) is 1.06. The molecule has 1 amide bonds.